The third-order valence-corrected chi connectivity index (χ3v) is 6.73. The zero-order valence-corrected chi connectivity index (χ0v) is 18.0. The number of piperidine rings is 1. The van der Waals surface area contributed by atoms with Gasteiger partial charge in [0.1, 0.15) is 0 Å². The highest BCUT2D eigenvalue weighted by atomic mass is 79.9. The molecular weight excluding hydrogens is 422 g/mol. The lowest BCUT2D eigenvalue weighted by Gasteiger charge is -2.36. The van der Waals surface area contributed by atoms with E-state index >= 15 is 0 Å². The van der Waals surface area contributed by atoms with Crippen LogP contribution in [-0.2, 0) is 14.9 Å². The molecule has 1 saturated heterocycles. The molecule has 0 aromatic heterocycles. The molecule has 1 atom stereocenters. The minimum Gasteiger partial charge on any atom is -0.383 e. The second-order valence-electron chi connectivity index (χ2n) is 8.33. The highest BCUT2D eigenvalue weighted by Crippen LogP contribution is 2.52. The van der Waals surface area contributed by atoms with Crippen LogP contribution in [0.3, 0.4) is 0 Å². The number of ether oxygens (including phenoxy) is 1. The SMILES string of the molecule is COCCN1CCCC(NC(=O)CN2CC3(CC3)c3cc(Br)ccc3C2=O)C1. The smallest absolute Gasteiger partial charge is 0.254 e. The summed E-state index contributed by atoms with van der Waals surface area (Å²) in [4.78, 5) is 29.7. The predicted octanol–water partition coefficient (Wildman–Crippen LogP) is 2.16. The first kappa shape index (κ1) is 19.9. The highest BCUT2D eigenvalue weighted by molar-refractivity contribution is 9.10. The number of amides is 2. The molecule has 2 aliphatic heterocycles. The summed E-state index contributed by atoms with van der Waals surface area (Å²) in [5.41, 5.74) is 1.95. The second-order valence-corrected chi connectivity index (χ2v) is 9.25. The van der Waals surface area contributed by atoms with Crippen molar-refractivity contribution in [1.29, 1.82) is 0 Å². The van der Waals surface area contributed by atoms with Gasteiger partial charge in [-0.2, -0.15) is 0 Å². The molecule has 1 aliphatic carbocycles. The second kappa shape index (κ2) is 8.13. The summed E-state index contributed by atoms with van der Waals surface area (Å²) < 4.78 is 6.16. The number of nitrogens with one attached hydrogen (secondary N) is 1. The van der Waals surface area contributed by atoms with Gasteiger partial charge in [-0.05, 0) is 56.0 Å². The van der Waals surface area contributed by atoms with Gasteiger partial charge in [0.05, 0.1) is 13.2 Å². The van der Waals surface area contributed by atoms with E-state index in [4.69, 9.17) is 4.74 Å². The molecule has 3 aliphatic rings. The number of hydrogen-bond acceptors (Lipinski definition) is 4. The van der Waals surface area contributed by atoms with Crippen LogP contribution < -0.4 is 5.32 Å². The van der Waals surface area contributed by atoms with Crippen molar-refractivity contribution >= 4 is 27.7 Å². The van der Waals surface area contributed by atoms with Gasteiger partial charge in [0, 0.05) is 48.2 Å². The zero-order valence-electron chi connectivity index (χ0n) is 16.4. The van der Waals surface area contributed by atoms with E-state index in [1.807, 2.05) is 12.1 Å². The number of rotatable bonds is 6. The minimum atomic E-state index is -0.0525. The molecule has 1 aromatic rings. The summed E-state index contributed by atoms with van der Waals surface area (Å²) in [5.74, 6) is -0.0798. The summed E-state index contributed by atoms with van der Waals surface area (Å²) in [6.07, 6.45) is 4.23. The van der Waals surface area contributed by atoms with Crippen molar-refractivity contribution in [3.8, 4) is 0 Å². The van der Waals surface area contributed by atoms with Crippen LogP contribution in [0.5, 0.6) is 0 Å². The first-order valence-electron chi connectivity index (χ1n) is 10.1. The van der Waals surface area contributed by atoms with Crippen molar-refractivity contribution in [2.24, 2.45) is 0 Å². The maximum atomic E-state index is 13.0. The fourth-order valence-corrected chi connectivity index (χ4v) is 4.95. The Labute approximate surface area is 174 Å². The molecule has 1 aromatic carbocycles. The fraction of sp³-hybridized carbons (Fsp3) is 0.619. The summed E-state index contributed by atoms with van der Waals surface area (Å²) in [5, 5.41) is 3.15. The molecule has 2 amide bonds. The third-order valence-electron chi connectivity index (χ3n) is 6.23. The zero-order chi connectivity index (χ0) is 19.7. The lowest BCUT2D eigenvalue weighted by molar-refractivity contribution is -0.123. The Balaban J connectivity index is 1.37. The lowest BCUT2D eigenvalue weighted by atomic mass is 9.86. The van der Waals surface area contributed by atoms with Crippen molar-refractivity contribution in [1.82, 2.24) is 15.1 Å². The Kier molecular flexibility index (Phi) is 5.76. The van der Waals surface area contributed by atoms with Crippen LogP contribution in [0.15, 0.2) is 22.7 Å². The van der Waals surface area contributed by atoms with E-state index in [1.54, 1.807) is 12.0 Å². The third kappa shape index (κ3) is 4.11. The molecule has 1 spiro atoms. The molecule has 1 saturated carbocycles. The van der Waals surface area contributed by atoms with E-state index in [1.165, 1.54) is 0 Å². The van der Waals surface area contributed by atoms with Gasteiger partial charge >= 0.3 is 0 Å². The predicted molar refractivity (Wildman–Crippen MR) is 110 cm³/mol. The van der Waals surface area contributed by atoms with Gasteiger partial charge in [0.2, 0.25) is 5.91 Å². The van der Waals surface area contributed by atoms with E-state index in [0.29, 0.717) is 13.2 Å². The molecular formula is C21H28BrN3O3. The van der Waals surface area contributed by atoms with Gasteiger partial charge in [-0.25, -0.2) is 0 Å². The number of benzene rings is 1. The first-order chi connectivity index (χ1) is 13.5. The molecule has 4 rings (SSSR count). The van der Waals surface area contributed by atoms with Crippen LogP contribution >= 0.6 is 15.9 Å². The number of halogens is 1. The number of likely N-dealkylation sites (tertiary alicyclic amines) is 1. The van der Waals surface area contributed by atoms with Gasteiger partial charge in [0.15, 0.2) is 0 Å². The van der Waals surface area contributed by atoms with Gasteiger partial charge in [0.25, 0.3) is 5.91 Å². The molecule has 1 N–H and O–H groups in total. The van der Waals surface area contributed by atoms with Crippen molar-refractivity contribution < 1.29 is 14.3 Å². The van der Waals surface area contributed by atoms with Crippen molar-refractivity contribution in [2.45, 2.75) is 37.1 Å². The fourth-order valence-electron chi connectivity index (χ4n) is 4.58. The topological polar surface area (TPSA) is 61.9 Å². The van der Waals surface area contributed by atoms with Crippen LogP contribution in [0.2, 0.25) is 0 Å². The van der Waals surface area contributed by atoms with Crippen LogP contribution in [0.25, 0.3) is 0 Å². The van der Waals surface area contributed by atoms with Gasteiger partial charge in [-0.3, -0.25) is 14.5 Å². The molecule has 0 bridgehead atoms. The highest BCUT2D eigenvalue weighted by Gasteiger charge is 2.51. The Morgan fingerprint density at radius 1 is 1.39 bits per heavy atom. The van der Waals surface area contributed by atoms with E-state index in [9.17, 15) is 9.59 Å². The number of nitrogens with zero attached hydrogens (tertiary/aromatic N) is 2. The number of hydrogen-bond donors (Lipinski definition) is 1. The van der Waals surface area contributed by atoms with Gasteiger partial charge in [-0.15, -0.1) is 0 Å². The van der Waals surface area contributed by atoms with Crippen LogP contribution in [0, 0.1) is 0 Å². The van der Waals surface area contributed by atoms with Gasteiger partial charge in [-0.1, -0.05) is 15.9 Å². The van der Waals surface area contributed by atoms with E-state index in [-0.39, 0.29) is 29.8 Å². The van der Waals surface area contributed by atoms with E-state index < -0.39 is 0 Å². The molecule has 6 nitrogen and oxygen atoms in total. The maximum absolute atomic E-state index is 13.0. The Hall–Kier alpha value is -1.44. The molecule has 2 fully saturated rings. The Morgan fingerprint density at radius 3 is 2.96 bits per heavy atom. The summed E-state index contributed by atoms with van der Waals surface area (Å²) in [7, 11) is 1.71. The van der Waals surface area contributed by atoms with Crippen LogP contribution in [0.4, 0.5) is 0 Å². The largest absolute Gasteiger partial charge is 0.383 e. The minimum absolute atomic E-state index is 0.0273. The normalized spacial score (nSPS) is 23.6. The summed E-state index contributed by atoms with van der Waals surface area (Å²) in [6, 6.07) is 6.03. The van der Waals surface area contributed by atoms with Crippen LogP contribution in [0.1, 0.15) is 41.6 Å². The number of methoxy groups -OCH3 is 1. The van der Waals surface area contributed by atoms with Crippen molar-refractivity contribution in [3.63, 3.8) is 0 Å². The quantitative estimate of drug-likeness (QED) is 0.722. The number of carbonyl (C=O) groups is 2. The first-order valence-corrected chi connectivity index (χ1v) is 10.9. The molecule has 0 radical (unpaired) electrons. The average molecular weight is 450 g/mol. The molecule has 1 unspecified atom stereocenters. The lowest BCUT2D eigenvalue weighted by Crippen LogP contribution is -2.52. The Bertz CT molecular complexity index is 765. The van der Waals surface area contributed by atoms with Crippen LogP contribution in [-0.4, -0.2) is 74.1 Å². The maximum Gasteiger partial charge on any atom is 0.254 e. The molecule has 2 heterocycles. The van der Waals surface area contributed by atoms with Crippen molar-refractivity contribution in [3.05, 3.63) is 33.8 Å². The molecule has 28 heavy (non-hydrogen) atoms. The van der Waals surface area contributed by atoms with Crippen molar-refractivity contribution in [2.75, 3.05) is 46.4 Å². The van der Waals surface area contributed by atoms with E-state index in [0.717, 1.165) is 60.9 Å². The van der Waals surface area contributed by atoms with Gasteiger partial charge < -0.3 is 15.0 Å². The number of fused-ring (bicyclic) bond motifs is 2. The number of carbonyl (C=O) groups excluding carboxylic acids is 2. The Morgan fingerprint density at radius 2 is 2.21 bits per heavy atom. The summed E-state index contributed by atoms with van der Waals surface area (Å²) in [6.45, 7) is 4.29. The average Bonchev–Trinajstić information content (AvgIpc) is 3.45. The summed E-state index contributed by atoms with van der Waals surface area (Å²) >= 11 is 3.52. The monoisotopic (exact) mass is 449 g/mol. The molecule has 152 valence electrons. The molecule has 7 heteroatoms. The standard InChI is InChI=1S/C21H28BrN3O3/c1-28-10-9-24-8-2-3-16(12-24)23-19(26)13-25-14-21(6-7-21)18-11-15(22)4-5-17(18)20(25)27/h4-5,11,16H,2-3,6-10,12-14H2,1H3,(H,23,26). The van der Waals surface area contributed by atoms with E-state index in [2.05, 4.69) is 32.2 Å².